The van der Waals surface area contributed by atoms with Gasteiger partial charge in [0.05, 0.1) is 11.3 Å². The van der Waals surface area contributed by atoms with E-state index in [4.69, 9.17) is 5.26 Å². The fourth-order valence-corrected chi connectivity index (χ4v) is 1.18. The Morgan fingerprint density at radius 3 is 2.79 bits per heavy atom. The summed E-state index contributed by atoms with van der Waals surface area (Å²) in [5.41, 5.74) is 2.45. The predicted octanol–water partition coefficient (Wildman–Crippen LogP) is 2.42. The van der Waals surface area contributed by atoms with E-state index in [0.717, 1.165) is 11.3 Å². The Kier molecular flexibility index (Phi) is 2.24. The number of nitriles is 1. The Labute approximate surface area is 82.5 Å². The number of hydrogen-bond acceptors (Lipinski definition) is 2. The van der Waals surface area contributed by atoms with Crippen molar-refractivity contribution in [1.82, 2.24) is 4.98 Å². The number of hydrogen-bond donors (Lipinski definition) is 0. The minimum absolute atomic E-state index is 0.577. The fourth-order valence-electron chi connectivity index (χ4n) is 1.18. The molecule has 0 aliphatic carbocycles. The van der Waals surface area contributed by atoms with E-state index in [0.29, 0.717) is 5.56 Å². The van der Waals surface area contributed by atoms with Gasteiger partial charge in [0.25, 0.3) is 0 Å². The molecular weight excluding hydrogens is 172 g/mol. The normalized spacial score (nSPS) is 9.36. The second-order valence-corrected chi connectivity index (χ2v) is 2.84. The average Bonchev–Trinajstić information content (AvgIpc) is 2.30. The van der Waals surface area contributed by atoms with Gasteiger partial charge in [0, 0.05) is 11.8 Å². The third-order valence-corrected chi connectivity index (χ3v) is 1.90. The summed E-state index contributed by atoms with van der Waals surface area (Å²) in [6.45, 7) is 0. The van der Waals surface area contributed by atoms with Crippen LogP contribution in [0.1, 0.15) is 5.56 Å². The standard InChI is InChI=1S/C12H7N2/c13-8-10-6-7-12(14-9-10)11-4-2-1-3-5-11/h1-2,4-7,9H. The van der Waals surface area contributed by atoms with Crippen LogP contribution < -0.4 is 0 Å². The van der Waals surface area contributed by atoms with Crippen molar-refractivity contribution in [2.75, 3.05) is 0 Å². The van der Waals surface area contributed by atoms with Gasteiger partial charge in [-0.1, -0.05) is 18.2 Å². The first-order chi connectivity index (χ1) is 6.90. The van der Waals surface area contributed by atoms with Crippen LogP contribution in [0.25, 0.3) is 11.3 Å². The highest BCUT2D eigenvalue weighted by atomic mass is 14.7. The highest BCUT2D eigenvalue weighted by Gasteiger charge is 1.97. The number of aromatic nitrogens is 1. The Morgan fingerprint density at radius 1 is 1.29 bits per heavy atom. The molecule has 1 aromatic heterocycles. The van der Waals surface area contributed by atoms with Crippen LogP contribution in [0.3, 0.4) is 0 Å². The van der Waals surface area contributed by atoms with E-state index in [1.165, 1.54) is 0 Å². The zero-order valence-electron chi connectivity index (χ0n) is 7.44. The molecule has 2 nitrogen and oxygen atoms in total. The Morgan fingerprint density at radius 2 is 2.21 bits per heavy atom. The molecule has 1 heterocycles. The highest BCUT2D eigenvalue weighted by molar-refractivity contribution is 5.58. The van der Waals surface area contributed by atoms with Crippen molar-refractivity contribution in [2.45, 2.75) is 0 Å². The van der Waals surface area contributed by atoms with Crippen LogP contribution in [-0.4, -0.2) is 4.98 Å². The van der Waals surface area contributed by atoms with Gasteiger partial charge in [-0.2, -0.15) is 5.26 Å². The molecule has 0 saturated heterocycles. The lowest BCUT2D eigenvalue weighted by molar-refractivity contribution is 1.30. The van der Waals surface area contributed by atoms with Crippen LogP contribution in [0.15, 0.2) is 42.6 Å². The molecular formula is C12H7N2. The maximum Gasteiger partial charge on any atom is 0.101 e. The van der Waals surface area contributed by atoms with E-state index >= 15 is 0 Å². The SMILES string of the molecule is N#Cc1ccc(-c2c[c]ccc2)nc1. The zero-order chi connectivity index (χ0) is 9.80. The molecule has 0 aliphatic heterocycles. The van der Waals surface area contributed by atoms with Gasteiger partial charge >= 0.3 is 0 Å². The molecule has 0 unspecified atom stereocenters. The quantitative estimate of drug-likeness (QED) is 0.674. The Bertz CT molecular complexity index is 452. The second kappa shape index (κ2) is 3.71. The second-order valence-electron chi connectivity index (χ2n) is 2.84. The third kappa shape index (κ3) is 1.62. The molecule has 2 heteroatoms. The van der Waals surface area contributed by atoms with Gasteiger partial charge in [-0.05, 0) is 24.3 Å². The lowest BCUT2D eigenvalue weighted by Gasteiger charge is -1.98. The number of pyridine rings is 1. The van der Waals surface area contributed by atoms with Crippen molar-refractivity contribution in [2.24, 2.45) is 0 Å². The lowest BCUT2D eigenvalue weighted by Crippen LogP contribution is -1.83. The topological polar surface area (TPSA) is 36.7 Å². The fraction of sp³-hybridized carbons (Fsp3) is 0. The molecule has 0 saturated carbocycles. The number of rotatable bonds is 1. The molecule has 0 fully saturated rings. The van der Waals surface area contributed by atoms with Gasteiger partial charge in [0.15, 0.2) is 0 Å². The molecule has 14 heavy (non-hydrogen) atoms. The van der Waals surface area contributed by atoms with Crippen LogP contribution in [0.2, 0.25) is 0 Å². The molecule has 0 spiro atoms. The first-order valence-corrected chi connectivity index (χ1v) is 4.23. The van der Waals surface area contributed by atoms with Gasteiger partial charge in [0.2, 0.25) is 0 Å². The molecule has 0 amide bonds. The first-order valence-electron chi connectivity index (χ1n) is 4.23. The van der Waals surface area contributed by atoms with Crippen LogP contribution in [0, 0.1) is 17.4 Å². The third-order valence-electron chi connectivity index (χ3n) is 1.90. The highest BCUT2D eigenvalue weighted by Crippen LogP contribution is 2.15. The van der Waals surface area contributed by atoms with Crippen molar-refractivity contribution in [3.05, 3.63) is 54.2 Å². The molecule has 2 aromatic rings. The van der Waals surface area contributed by atoms with E-state index in [1.807, 2.05) is 36.4 Å². The predicted molar refractivity (Wildman–Crippen MR) is 53.2 cm³/mol. The largest absolute Gasteiger partial charge is 0.255 e. The maximum atomic E-state index is 8.60. The lowest BCUT2D eigenvalue weighted by atomic mass is 10.1. The molecule has 1 aromatic carbocycles. The van der Waals surface area contributed by atoms with Crippen molar-refractivity contribution in [3.8, 4) is 17.3 Å². The van der Waals surface area contributed by atoms with E-state index in [-0.39, 0.29) is 0 Å². The van der Waals surface area contributed by atoms with Gasteiger partial charge in [0.1, 0.15) is 6.07 Å². The average molecular weight is 179 g/mol. The minimum atomic E-state index is 0.577. The summed E-state index contributed by atoms with van der Waals surface area (Å²) in [7, 11) is 0. The molecule has 0 aliphatic rings. The summed E-state index contributed by atoms with van der Waals surface area (Å²) in [5.74, 6) is 0. The van der Waals surface area contributed by atoms with Gasteiger partial charge < -0.3 is 0 Å². The van der Waals surface area contributed by atoms with E-state index < -0.39 is 0 Å². The van der Waals surface area contributed by atoms with Crippen molar-refractivity contribution < 1.29 is 0 Å². The summed E-state index contributed by atoms with van der Waals surface area (Å²) in [6, 6.07) is 16.2. The molecule has 0 atom stereocenters. The van der Waals surface area contributed by atoms with Gasteiger partial charge in [-0.3, -0.25) is 4.98 Å². The zero-order valence-corrected chi connectivity index (χ0v) is 7.44. The maximum absolute atomic E-state index is 8.60. The summed E-state index contributed by atoms with van der Waals surface area (Å²) in [5, 5.41) is 8.60. The van der Waals surface area contributed by atoms with Crippen LogP contribution >= 0.6 is 0 Å². The van der Waals surface area contributed by atoms with Crippen LogP contribution in [0.5, 0.6) is 0 Å². The minimum Gasteiger partial charge on any atom is -0.255 e. The smallest absolute Gasteiger partial charge is 0.101 e. The first kappa shape index (κ1) is 8.46. The molecule has 0 bridgehead atoms. The van der Waals surface area contributed by atoms with Crippen LogP contribution in [-0.2, 0) is 0 Å². The van der Waals surface area contributed by atoms with Gasteiger partial charge in [-0.15, -0.1) is 0 Å². The number of nitrogens with zero attached hydrogens (tertiary/aromatic N) is 2. The van der Waals surface area contributed by atoms with E-state index in [9.17, 15) is 0 Å². The molecule has 0 N–H and O–H groups in total. The van der Waals surface area contributed by atoms with Crippen molar-refractivity contribution in [1.29, 1.82) is 5.26 Å². The summed E-state index contributed by atoms with van der Waals surface area (Å²) >= 11 is 0. The monoisotopic (exact) mass is 179 g/mol. The summed E-state index contributed by atoms with van der Waals surface area (Å²) < 4.78 is 0. The molecule has 1 radical (unpaired) electrons. The molecule has 65 valence electrons. The van der Waals surface area contributed by atoms with E-state index in [2.05, 4.69) is 11.1 Å². The van der Waals surface area contributed by atoms with Crippen molar-refractivity contribution >= 4 is 0 Å². The van der Waals surface area contributed by atoms with Crippen molar-refractivity contribution in [3.63, 3.8) is 0 Å². The Balaban J connectivity index is 2.40. The molecule has 2 rings (SSSR count). The number of benzene rings is 1. The Hall–Kier alpha value is -2.14. The van der Waals surface area contributed by atoms with Crippen LogP contribution in [0.4, 0.5) is 0 Å². The summed E-state index contributed by atoms with van der Waals surface area (Å²) in [6.07, 6.45) is 1.57. The van der Waals surface area contributed by atoms with E-state index in [1.54, 1.807) is 12.3 Å². The summed E-state index contributed by atoms with van der Waals surface area (Å²) in [4.78, 5) is 4.18. The van der Waals surface area contributed by atoms with Gasteiger partial charge in [-0.25, -0.2) is 0 Å².